The van der Waals surface area contributed by atoms with Crippen LogP contribution in [0.1, 0.15) is 54.4 Å². The molecule has 172 valence electrons. The van der Waals surface area contributed by atoms with Gasteiger partial charge in [-0.1, -0.05) is 49.8 Å². The zero-order valence-electron chi connectivity index (χ0n) is 18.5. The van der Waals surface area contributed by atoms with Crippen LogP contribution in [-0.2, 0) is 22.6 Å². The fourth-order valence-corrected chi connectivity index (χ4v) is 4.49. The van der Waals surface area contributed by atoms with Crippen molar-refractivity contribution < 1.29 is 18.8 Å². The highest BCUT2D eigenvalue weighted by Gasteiger charge is 2.33. The van der Waals surface area contributed by atoms with Crippen molar-refractivity contribution in [1.29, 1.82) is 0 Å². The van der Waals surface area contributed by atoms with E-state index in [0.717, 1.165) is 12.0 Å². The van der Waals surface area contributed by atoms with Gasteiger partial charge in [-0.2, -0.15) is 0 Å². The summed E-state index contributed by atoms with van der Waals surface area (Å²) in [4.78, 5) is 42.4. The molecule has 2 unspecified atom stereocenters. The molecule has 1 aromatic carbocycles. The highest BCUT2D eigenvalue weighted by Crippen LogP contribution is 2.32. The van der Waals surface area contributed by atoms with Crippen LogP contribution in [0.15, 0.2) is 34.7 Å². The Morgan fingerprint density at radius 1 is 1.21 bits per heavy atom. The average molecular weight is 468 g/mol. The molecule has 4 rings (SSSR count). The lowest BCUT2D eigenvalue weighted by atomic mass is 9.89. The van der Waals surface area contributed by atoms with Gasteiger partial charge in [-0.25, -0.2) is 4.98 Å². The normalized spacial score (nSPS) is 16.2. The van der Waals surface area contributed by atoms with Crippen molar-refractivity contribution in [3.63, 3.8) is 0 Å². The van der Waals surface area contributed by atoms with Gasteiger partial charge in [0, 0.05) is 24.8 Å². The minimum absolute atomic E-state index is 0.0736. The predicted molar refractivity (Wildman–Crippen MR) is 123 cm³/mol. The SMILES string of the molecule is CCC(C)CC(=O)Nc1nc2c(s1)C(=O)CC(C(=O)NCc1nnc(-c3ccccc3)o1)C2. The second-order valence-electron chi connectivity index (χ2n) is 8.17. The second kappa shape index (κ2) is 10.0. The van der Waals surface area contributed by atoms with Gasteiger partial charge < -0.3 is 15.1 Å². The van der Waals surface area contributed by atoms with Gasteiger partial charge in [-0.05, 0) is 18.1 Å². The number of ketones is 1. The van der Waals surface area contributed by atoms with Crippen molar-refractivity contribution in [2.75, 3.05) is 5.32 Å². The molecule has 2 aromatic heterocycles. The molecule has 0 saturated carbocycles. The van der Waals surface area contributed by atoms with E-state index in [1.807, 2.05) is 44.2 Å². The van der Waals surface area contributed by atoms with Gasteiger partial charge in [-0.15, -0.1) is 10.2 Å². The summed E-state index contributed by atoms with van der Waals surface area (Å²) >= 11 is 1.17. The van der Waals surface area contributed by atoms with Gasteiger partial charge >= 0.3 is 0 Å². The number of carbonyl (C=O) groups excluding carboxylic acids is 3. The Kier molecular flexibility index (Phi) is 6.93. The second-order valence-corrected chi connectivity index (χ2v) is 9.17. The topological polar surface area (TPSA) is 127 Å². The fraction of sp³-hybridized carbons (Fsp3) is 0.391. The number of nitrogens with zero attached hydrogens (tertiary/aromatic N) is 3. The van der Waals surface area contributed by atoms with Gasteiger partial charge in [0.2, 0.25) is 23.6 Å². The van der Waals surface area contributed by atoms with E-state index in [-0.39, 0.29) is 42.4 Å². The molecule has 0 fully saturated rings. The Morgan fingerprint density at radius 2 is 2.00 bits per heavy atom. The zero-order valence-corrected chi connectivity index (χ0v) is 19.3. The molecular weight excluding hydrogens is 442 g/mol. The quantitative estimate of drug-likeness (QED) is 0.518. The van der Waals surface area contributed by atoms with Crippen molar-refractivity contribution in [3.05, 3.63) is 46.8 Å². The van der Waals surface area contributed by atoms with E-state index < -0.39 is 5.92 Å². The van der Waals surface area contributed by atoms with E-state index in [2.05, 4.69) is 25.8 Å². The maximum atomic E-state index is 12.7. The fourth-order valence-electron chi connectivity index (χ4n) is 3.53. The Bertz CT molecular complexity index is 1160. The maximum Gasteiger partial charge on any atom is 0.247 e. The molecule has 2 N–H and O–H groups in total. The van der Waals surface area contributed by atoms with Crippen molar-refractivity contribution >= 4 is 34.1 Å². The number of nitrogens with one attached hydrogen (secondary N) is 2. The average Bonchev–Trinajstić information content (AvgIpc) is 3.45. The van der Waals surface area contributed by atoms with Gasteiger partial charge in [0.15, 0.2) is 10.9 Å². The lowest BCUT2D eigenvalue weighted by Gasteiger charge is -2.19. The molecule has 2 amide bonds. The van der Waals surface area contributed by atoms with Crippen molar-refractivity contribution in [3.8, 4) is 11.5 Å². The van der Waals surface area contributed by atoms with E-state index >= 15 is 0 Å². The molecule has 0 saturated heterocycles. The summed E-state index contributed by atoms with van der Waals surface area (Å²) in [6.45, 7) is 4.12. The van der Waals surface area contributed by atoms with Crippen LogP contribution < -0.4 is 10.6 Å². The summed E-state index contributed by atoms with van der Waals surface area (Å²) in [5, 5.41) is 13.9. The smallest absolute Gasteiger partial charge is 0.247 e. The molecule has 9 nitrogen and oxygen atoms in total. The zero-order chi connectivity index (χ0) is 23.4. The van der Waals surface area contributed by atoms with Crippen molar-refractivity contribution in [2.45, 2.75) is 46.1 Å². The molecule has 3 aromatic rings. The number of fused-ring (bicyclic) bond motifs is 1. The Hall–Kier alpha value is -3.40. The number of benzene rings is 1. The first-order valence-electron chi connectivity index (χ1n) is 10.9. The third-order valence-electron chi connectivity index (χ3n) is 5.57. The molecule has 1 aliphatic rings. The van der Waals surface area contributed by atoms with Crippen LogP contribution in [0.4, 0.5) is 5.13 Å². The number of hydrogen-bond donors (Lipinski definition) is 2. The van der Waals surface area contributed by atoms with E-state index in [9.17, 15) is 14.4 Å². The van der Waals surface area contributed by atoms with Crippen LogP contribution in [0.25, 0.3) is 11.5 Å². The molecule has 0 spiro atoms. The first-order chi connectivity index (χ1) is 15.9. The number of anilines is 1. The van der Waals surface area contributed by atoms with Gasteiger partial charge in [0.25, 0.3) is 0 Å². The standard InChI is InChI=1S/C23H25N5O4S/c1-3-13(2)9-18(30)26-23-25-16-10-15(11-17(29)20(16)33-23)21(31)24-12-19-27-28-22(32-19)14-7-5-4-6-8-14/h4-8,13,15H,3,9-12H2,1-2H3,(H,24,31)(H,25,26,30). The predicted octanol–water partition coefficient (Wildman–Crippen LogP) is 3.63. The Morgan fingerprint density at radius 3 is 2.76 bits per heavy atom. The van der Waals surface area contributed by atoms with Gasteiger partial charge in [0.1, 0.15) is 0 Å². The lowest BCUT2D eigenvalue weighted by Crippen LogP contribution is -2.35. The highest BCUT2D eigenvalue weighted by molar-refractivity contribution is 7.17. The van der Waals surface area contributed by atoms with Crippen LogP contribution in [0.5, 0.6) is 0 Å². The minimum Gasteiger partial charge on any atom is -0.419 e. The number of rotatable bonds is 8. The van der Waals surface area contributed by atoms with Crippen molar-refractivity contribution in [2.24, 2.45) is 11.8 Å². The molecule has 0 bridgehead atoms. The summed E-state index contributed by atoms with van der Waals surface area (Å²) < 4.78 is 5.61. The van der Waals surface area contributed by atoms with Crippen LogP contribution >= 0.6 is 11.3 Å². The third kappa shape index (κ3) is 5.51. The number of carbonyl (C=O) groups is 3. The molecule has 2 heterocycles. The summed E-state index contributed by atoms with van der Waals surface area (Å²) in [6, 6.07) is 9.35. The number of aromatic nitrogens is 3. The molecule has 0 aliphatic heterocycles. The summed E-state index contributed by atoms with van der Waals surface area (Å²) in [7, 11) is 0. The summed E-state index contributed by atoms with van der Waals surface area (Å²) in [5.41, 5.74) is 1.35. The molecule has 1 aliphatic carbocycles. The number of Topliss-reactive ketones (excluding diaryl/α,β-unsaturated/α-hetero) is 1. The summed E-state index contributed by atoms with van der Waals surface area (Å²) in [6.07, 6.45) is 1.75. The molecular formula is C23H25N5O4S. The maximum absolute atomic E-state index is 12.7. The largest absolute Gasteiger partial charge is 0.419 e. The first kappa shape index (κ1) is 22.8. The third-order valence-corrected chi connectivity index (χ3v) is 6.63. The molecule has 33 heavy (non-hydrogen) atoms. The van der Waals surface area contributed by atoms with Crippen LogP contribution in [-0.4, -0.2) is 32.8 Å². The first-order valence-corrected chi connectivity index (χ1v) is 11.7. The monoisotopic (exact) mass is 467 g/mol. The number of thiazole rings is 1. The lowest BCUT2D eigenvalue weighted by molar-refractivity contribution is -0.125. The van der Waals surface area contributed by atoms with E-state index in [4.69, 9.17) is 4.42 Å². The van der Waals surface area contributed by atoms with Crippen LogP contribution in [0.2, 0.25) is 0 Å². The van der Waals surface area contributed by atoms with E-state index in [0.29, 0.717) is 34.4 Å². The van der Waals surface area contributed by atoms with Gasteiger partial charge in [-0.3, -0.25) is 14.4 Å². The van der Waals surface area contributed by atoms with E-state index in [1.54, 1.807) is 0 Å². The van der Waals surface area contributed by atoms with Crippen LogP contribution in [0.3, 0.4) is 0 Å². The van der Waals surface area contributed by atoms with Gasteiger partial charge in [0.05, 0.1) is 23.0 Å². The molecule has 0 radical (unpaired) electrons. The Balaban J connectivity index is 1.34. The van der Waals surface area contributed by atoms with Crippen LogP contribution in [0, 0.1) is 11.8 Å². The number of amides is 2. The summed E-state index contributed by atoms with van der Waals surface area (Å²) in [5.74, 6) is -0.132. The Labute approximate surface area is 195 Å². The molecule has 2 atom stereocenters. The number of hydrogen-bond acceptors (Lipinski definition) is 8. The highest BCUT2D eigenvalue weighted by atomic mass is 32.1. The van der Waals surface area contributed by atoms with E-state index in [1.165, 1.54) is 11.3 Å². The molecule has 10 heteroatoms. The van der Waals surface area contributed by atoms with Crippen molar-refractivity contribution in [1.82, 2.24) is 20.5 Å². The minimum atomic E-state index is -0.535.